The Morgan fingerprint density at radius 3 is 2.49 bits per heavy atom. The highest BCUT2D eigenvalue weighted by Crippen LogP contribution is 2.30. The molecule has 0 spiro atoms. The number of ether oxygens (including phenoxy) is 4. The first kappa shape index (κ1) is 40.0. The third-order valence-corrected chi connectivity index (χ3v) is 9.27. The highest BCUT2D eigenvalue weighted by atomic mass is 16.6. The molecule has 0 radical (unpaired) electrons. The molecular weight excluding hydrogens is 646 g/mol. The molecule has 1 aromatic rings. The van der Waals surface area contributed by atoms with E-state index in [1.54, 1.807) is 0 Å². The molecule has 10 nitrogen and oxygen atoms in total. The van der Waals surface area contributed by atoms with Gasteiger partial charge in [-0.05, 0) is 95.8 Å². The monoisotopic (exact) mass is 705 g/mol. The molecule has 4 rings (SSSR count). The number of allylic oxidation sites excluding steroid dienone is 7. The van der Waals surface area contributed by atoms with E-state index in [1.165, 1.54) is 0 Å². The topological polar surface area (TPSA) is 115 Å². The summed E-state index contributed by atoms with van der Waals surface area (Å²) in [6, 6.07) is 8.14. The van der Waals surface area contributed by atoms with Crippen molar-refractivity contribution in [1.29, 1.82) is 0 Å². The maximum atomic E-state index is 13.4. The maximum absolute atomic E-state index is 13.4. The van der Waals surface area contributed by atoms with Crippen molar-refractivity contribution in [3.05, 3.63) is 77.0 Å². The summed E-state index contributed by atoms with van der Waals surface area (Å²) in [5.74, 6) is -0.149. The molecule has 0 saturated carbocycles. The van der Waals surface area contributed by atoms with E-state index in [4.69, 9.17) is 18.9 Å². The zero-order valence-electron chi connectivity index (χ0n) is 31.2. The zero-order chi connectivity index (χ0) is 36.5. The molecule has 1 aliphatic heterocycles. The number of nitrogens with zero attached hydrogens (tertiary/aromatic N) is 1. The van der Waals surface area contributed by atoms with Crippen molar-refractivity contribution in [3.8, 4) is 0 Å². The lowest BCUT2D eigenvalue weighted by Gasteiger charge is -2.30. The van der Waals surface area contributed by atoms with Crippen LogP contribution in [0.25, 0.3) is 6.08 Å². The molecule has 0 saturated heterocycles. The number of amides is 3. The van der Waals surface area contributed by atoms with Gasteiger partial charge >= 0.3 is 6.09 Å². The Bertz CT molecular complexity index is 1430. The van der Waals surface area contributed by atoms with Crippen LogP contribution in [0.4, 0.5) is 4.79 Å². The molecule has 2 aliphatic carbocycles. The summed E-state index contributed by atoms with van der Waals surface area (Å²) in [4.78, 5) is 40.0. The molecule has 51 heavy (non-hydrogen) atoms. The molecule has 0 bridgehead atoms. The summed E-state index contributed by atoms with van der Waals surface area (Å²) in [6.45, 7) is 10.5. The van der Waals surface area contributed by atoms with Crippen LogP contribution in [0.2, 0.25) is 0 Å². The molecule has 10 heteroatoms. The summed E-state index contributed by atoms with van der Waals surface area (Å²) >= 11 is 0. The molecule has 3 aliphatic rings. The summed E-state index contributed by atoms with van der Waals surface area (Å²) in [5.41, 5.74) is 3.34. The van der Waals surface area contributed by atoms with Crippen molar-refractivity contribution in [1.82, 2.24) is 15.5 Å². The standard InChI is InChI=1S/C41H59N3O7/c1-40(2,50-29-26-43-39(47)51-35-17-8-6-5-7-9-18-35)24-28-49-41(3,4)31-48-27-23-37(45)42-25-22-38(46)44-30-34-16-11-10-14-32(34)20-21-33-15-12-13-19-36(33)44/h5-6,10-12,14-16,20-21,35H,7-9,13,17-19,22-31H2,1-4H3,(H,42,45)(H,43,47). The van der Waals surface area contributed by atoms with E-state index in [9.17, 15) is 14.4 Å². The van der Waals surface area contributed by atoms with Crippen LogP contribution in [0, 0.1) is 0 Å². The molecule has 1 unspecified atom stereocenters. The molecular formula is C41H59N3O7. The van der Waals surface area contributed by atoms with E-state index in [0.717, 1.165) is 67.3 Å². The number of hydrogen-bond acceptors (Lipinski definition) is 7. The van der Waals surface area contributed by atoms with Crippen LogP contribution >= 0.6 is 0 Å². The number of benzene rings is 1. The summed E-state index contributed by atoms with van der Waals surface area (Å²) in [6.07, 6.45) is 20.0. The van der Waals surface area contributed by atoms with Gasteiger partial charge in [0.15, 0.2) is 0 Å². The van der Waals surface area contributed by atoms with Crippen LogP contribution in [-0.2, 0) is 35.1 Å². The molecule has 1 aromatic carbocycles. The fraction of sp³-hybridized carbons (Fsp3) is 0.585. The minimum absolute atomic E-state index is 0.00181. The van der Waals surface area contributed by atoms with Crippen molar-refractivity contribution in [2.24, 2.45) is 0 Å². The Kier molecular flexibility index (Phi) is 16.0. The van der Waals surface area contributed by atoms with Gasteiger partial charge in [0.1, 0.15) is 6.10 Å². The van der Waals surface area contributed by atoms with Crippen molar-refractivity contribution in [2.45, 2.75) is 116 Å². The minimum atomic E-state index is -0.543. The van der Waals surface area contributed by atoms with Crippen LogP contribution in [0.3, 0.4) is 0 Å². The predicted octanol–water partition coefficient (Wildman–Crippen LogP) is 7.15. The number of rotatable bonds is 17. The van der Waals surface area contributed by atoms with Crippen LogP contribution in [0.1, 0.15) is 103 Å². The van der Waals surface area contributed by atoms with Gasteiger partial charge in [-0.2, -0.15) is 0 Å². The quantitative estimate of drug-likeness (QED) is 0.131. The van der Waals surface area contributed by atoms with Gasteiger partial charge in [0.25, 0.3) is 0 Å². The van der Waals surface area contributed by atoms with Gasteiger partial charge in [0.05, 0.1) is 44.2 Å². The average Bonchev–Trinajstić information content (AvgIpc) is 3.07. The number of carbonyl (C=O) groups excluding carboxylic acids is 3. The van der Waals surface area contributed by atoms with Gasteiger partial charge in [0, 0.05) is 31.6 Å². The number of carbonyl (C=O) groups is 3. The molecule has 1 heterocycles. The number of fused-ring (bicyclic) bond motifs is 1. The predicted molar refractivity (Wildman–Crippen MR) is 200 cm³/mol. The second-order valence-corrected chi connectivity index (χ2v) is 14.7. The van der Waals surface area contributed by atoms with Gasteiger partial charge in [0.2, 0.25) is 11.8 Å². The molecule has 280 valence electrons. The largest absolute Gasteiger partial charge is 0.446 e. The first-order valence-electron chi connectivity index (χ1n) is 18.7. The van der Waals surface area contributed by atoms with E-state index < -0.39 is 11.2 Å². The lowest BCUT2D eigenvalue weighted by molar-refractivity contribution is -0.130. The van der Waals surface area contributed by atoms with Gasteiger partial charge in [-0.3, -0.25) is 9.59 Å². The van der Waals surface area contributed by atoms with Crippen LogP contribution in [0.5, 0.6) is 0 Å². The fourth-order valence-corrected chi connectivity index (χ4v) is 6.26. The second kappa shape index (κ2) is 20.3. The highest BCUT2D eigenvalue weighted by molar-refractivity contribution is 5.81. The van der Waals surface area contributed by atoms with E-state index in [1.807, 2.05) is 44.7 Å². The van der Waals surface area contributed by atoms with Gasteiger partial charge in [-0.15, -0.1) is 0 Å². The van der Waals surface area contributed by atoms with E-state index in [-0.39, 0.29) is 50.0 Å². The average molecular weight is 706 g/mol. The minimum Gasteiger partial charge on any atom is -0.446 e. The summed E-state index contributed by atoms with van der Waals surface area (Å²) in [7, 11) is 0. The smallest absolute Gasteiger partial charge is 0.407 e. The van der Waals surface area contributed by atoms with Crippen LogP contribution in [-0.4, -0.2) is 79.6 Å². The SMILES string of the molecule is CC(C)(CCOC(C)(C)COCCC(=O)NCCC(=O)N1Cc2ccccc2C=CC2=C1CCC=C2)OCCNC(=O)OC1CCC=CCCC1. The number of alkyl carbamates (subject to hydrolysis) is 1. The van der Waals surface area contributed by atoms with Crippen LogP contribution in [0.15, 0.2) is 65.9 Å². The molecule has 3 amide bonds. The van der Waals surface area contributed by atoms with Crippen molar-refractivity contribution in [3.63, 3.8) is 0 Å². The van der Waals surface area contributed by atoms with E-state index in [2.05, 4.69) is 59.2 Å². The van der Waals surface area contributed by atoms with E-state index >= 15 is 0 Å². The third kappa shape index (κ3) is 14.4. The number of hydrogen-bond donors (Lipinski definition) is 2. The van der Waals surface area contributed by atoms with Gasteiger partial charge in [-0.1, -0.05) is 60.7 Å². The van der Waals surface area contributed by atoms with Gasteiger partial charge < -0.3 is 34.5 Å². The molecule has 0 aromatic heterocycles. The highest BCUT2D eigenvalue weighted by Gasteiger charge is 2.25. The van der Waals surface area contributed by atoms with Crippen molar-refractivity contribution < 1.29 is 33.3 Å². The van der Waals surface area contributed by atoms with Crippen LogP contribution < -0.4 is 10.6 Å². The molecule has 2 N–H and O–H groups in total. The Hall–Kier alpha value is -3.73. The van der Waals surface area contributed by atoms with E-state index in [0.29, 0.717) is 39.3 Å². The normalized spacial score (nSPS) is 17.8. The lowest BCUT2D eigenvalue weighted by Crippen LogP contribution is -2.37. The van der Waals surface area contributed by atoms with Gasteiger partial charge in [-0.25, -0.2) is 4.79 Å². The second-order valence-electron chi connectivity index (χ2n) is 14.7. The van der Waals surface area contributed by atoms with Crippen molar-refractivity contribution in [2.75, 3.05) is 39.5 Å². The maximum Gasteiger partial charge on any atom is 0.407 e. The molecule has 1 atom stereocenters. The number of nitrogens with one attached hydrogen (secondary N) is 2. The first-order chi connectivity index (χ1) is 24.5. The zero-order valence-corrected chi connectivity index (χ0v) is 31.2. The van der Waals surface area contributed by atoms with Crippen molar-refractivity contribution >= 4 is 24.0 Å². The molecule has 0 fully saturated rings. The Balaban J connectivity index is 1.06. The lowest BCUT2D eigenvalue weighted by atomic mass is 9.96. The Morgan fingerprint density at radius 2 is 1.63 bits per heavy atom. The Morgan fingerprint density at radius 1 is 0.824 bits per heavy atom. The first-order valence-corrected chi connectivity index (χ1v) is 18.7. The third-order valence-electron chi connectivity index (χ3n) is 9.27. The summed E-state index contributed by atoms with van der Waals surface area (Å²) < 4.78 is 23.5. The fourth-order valence-electron chi connectivity index (χ4n) is 6.26. The summed E-state index contributed by atoms with van der Waals surface area (Å²) in [5, 5.41) is 5.68. The Labute approximate surface area is 304 Å².